The lowest BCUT2D eigenvalue weighted by molar-refractivity contribution is 0.590. The van der Waals surface area contributed by atoms with Gasteiger partial charge in [0.25, 0.3) is 6.71 Å². The second kappa shape index (κ2) is 9.14. The van der Waals surface area contributed by atoms with Gasteiger partial charge >= 0.3 is 0 Å². The number of aryl methyl sites for hydroxylation is 4. The molecule has 5 aromatic rings. The summed E-state index contributed by atoms with van der Waals surface area (Å²) in [5.41, 5.74) is 18.1. The van der Waals surface area contributed by atoms with Gasteiger partial charge in [-0.15, -0.1) is 0 Å². The van der Waals surface area contributed by atoms with Crippen molar-refractivity contribution in [2.45, 2.75) is 53.9 Å². The van der Waals surface area contributed by atoms with Crippen LogP contribution in [0.1, 0.15) is 48.6 Å². The molecule has 7 rings (SSSR count). The van der Waals surface area contributed by atoms with Crippen molar-refractivity contribution in [1.82, 2.24) is 0 Å². The molecule has 2 aliphatic heterocycles. The zero-order chi connectivity index (χ0) is 28.6. The van der Waals surface area contributed by atoms with Crippen LogP contribution in [0.3, 0.4) is 0 Å². The topological polar surface area (TPSA) is 6.48 Å². The van der Waals surface area contributed by atoms with Crippen LogP contribution in [0.4, 0.5) is 34.1 Å². The van der Waals surface area contributed by atoms with E-state index in [4.69, 9.17) is 0 Å². The summed E-state index contributed by atoms with van der Waals surface area (Å²) in [6, 6.07) is 36.9. The normalized spacial score (nSPS) is 13.6. The first-order valence-electron chi connectivity index (χ1n) is 14.7. The first-order chi connectivity index (χ1) is 19.6. The monoisotopic (exact) mass is 532 g/mol. The number of rotatable bonds is 2. The van der Waals surface area contributed by atoms with Crippen molar-refractivity contribution in [3.63, 3.8) is 0 Å². The lowest BCUT2D eigenvalue weighted by Crippen LogP contribution is -2.61. The zero-order valence-electron chi connectivity index (χ0n) is 25.2. The summed E-state index contributed by atoms with van der Waals surface area (Å²) in [6.07, 6.45) is 0. The molecule has 2 aliphatic rings. The van der Waals surface area contributed by atoms with Crippen molar-refractivity contribution >= 4 is 57.2 Å². The predicted molar refractivity (Wildman–Crippen MR) is 178 cm³/mol. The van der Waals surface area contributed by atoms with E-state index in [9.17, 15) is 0 Å². The molecule has 0 fully saturated rings. The van der Waals surface area contributed by atoms with Crippen LogP contribution in [0.25, 0.3) is 0 Å². The fourth-order valence-corrected chi connectivity index (χ4v) is 6.62. The van der Waals surface area contributed by atoms with Gasteiger partial charge in [-0.05, 0) is 104 Å². The molecule has 0 unspecified atom stereocenters. The van der Waals surface area contributed by atoms with Crippen molar-refractivity contribution in [3.05, 3.63) is 125 Å². The second-order valence-electron chi connectivity index (χ2n) is 13.1. The summed E-state index contributed by atoms with van der Waals surface area (Å²) >= 11 is 0. The third kappa shape index (κ3) is 4.10. The highest BCUT2D eigenvalue weighted by atomic mass is 15.2. The summed E-state index contributed by atoms with van der Waals surface area (Å²) in [7, 11) is 0. The van der Waals surface area contributed by atoms with Gasteiger partial charge in [0, 0.05) is 34.1 Å². The second-order valence-corrected chi connectivity index (χ2v) is 13.1. The fraction of sp³-hybridized carbons (Fsp3) is 0.211. The molecule has 2 heterocycles. The van der Waals surface area contributed by atoms with Gasteiger partial charge < -0.3 is 9.80 Å². The van der Waals surface area contributed by atoms with E-state index in [2.05, 4.69) is 155 Å². The molecule has 0 spiro atoms. The van der Waals surface area contributed by atoms with E-state index in [0.29, 0.717) is 0 Å². The molecule has 0 radical (unpaired) electrons. The maximum Gasteiger partial charge on any atom is 0.252 e. The smallest absolute Gasteiger partial charge is 0.252 e. The minimum Gasteiger partial charge on any atom is -0.311 e. The SMILES string of the molecule is Cc1ccc(N2c3ccc(C)cc3B3c4cc(C)ccc4N(c4ccc(C)cc4)c4cc(C(C)(C)C)cc2c43)cc1. The number of anilines is 6. The molecule has 0 N–H and O–H groups in total. The predicted octanol–water partition coefficient (Wildman–Crippen LogP) is 8.30. The molecule has 0 atom stereocenters. The Kier molecular flexibility index (Phi) is 5.73. The standard InChI is InChI=1S/C38H37BN2/c1-24-8-14-29(15-9-24)40-33-18-12-26(3)20-31(33)39-32-21-27(4)13-19-34(32)41(30-16-10-25(2)11-17-30)36-23-28(38(5,6)7)22-35(40)37(36)39/h8-23H,1-7H3. The van der Waals surface area contributed by atoms with Crippen LogP contribution in [0.15, 0.2) is 97.1 Å². The minimum atomic E-state index is -0.0139. The lowest BCUT2D eigenvalue weighted by Gasteiger charge is -2.45. The van der Waals surface area contributed by atoms with Crippen molar-refractivity contribution in [2.24, 2.45) is 0 Å². The molecule has 2 nitrogen and oxygen atoms in total. The Morgan fingerprint density at radius 1 is 0.463 bits per heavy atom. The van der Waals surface area contributed by atoms with Gasteiger partial charge in [0.15, 0.2) is 0 Å². The molecule has 0 bridgehead atoms. The average Bonchev–Trinajstić information content (AvgIpc) is 2.93. The Labute approximate surface area is 245 Å². The highest BCUT2D eigenvalue weighted by molar-refractivity contribution is 7.00. The highest BCUT2D eigenvalue weighted by Crippen LogP contribution is 2.46. The molecule has 41 heavy (non-hydrogen) atoms. The third-order valence-electron chi connectivity index (χ3n) is 8.83. The first-order valence-corrected chi connectivity index (χ1v) is 14.7. The van der Waals surface area contributed by atoms with Crippen LogP contribution in [0.2, 0.25) is 0 Å². The van der Waals surface area contributed by atoms with E-state index in [1.807, 2.05) is 0 Å². The van der Waals surface area contributed by atoms with Crippen LogP contribution in [0.5, 0.6) is 0 Å². The van der Waals surface area contributed by atoms with Crippen molar-refractivity contribution < 1.29 is 0 Å². The summed E-state index contributed by atoms with van der Waals surface area (Å²) in [5.74, 6) is 0. The van der Waals surface area contributed by atoms with Crippen molar-refractivity contribution in [1.29, 1.82) is 0 Å². The number of fused-ring (bicyclic) bond motifs is 4. The molecule has 3 heteroatoms. The van der Waals surface area contributed by atoms with Crippen LogP contribution < -0.4 is 26.2 Å². The van der Waals surface area contributed by atoms with Crippen molar-refractivity contribution in [2.75, 3.05) is 9.80 Å². The summed E-state index contributed by atoms with van der Waals surface area (Å²) < 4.78 is 0. The number of hydrogen-bond acceptors (Lipinski definition) is 2. The molecule has 0 aliphatic carbocycles. The Bertz CT molecular complexity index is 1690. The maximum absolute atomic E-state index is 2.51. The molecular weight excluding hydrogens is 495 g/mol. The van der Waals surface area contributed by atoms with E-state index in [-0.39, 0.29) is 12.1 Å². The summed E-state index contributed by atoms with van der Waals surface area (Å²) in [5, 5.41) is 0. The molecule has 0 amide bonds. The van der Waals surface area contributed by atoms with Crippen LogP contribution >= 0.6 is 0 Å². The van der Waals surface area contributed by atoms with Crippen LogP contribution in [-0.4, -0.2) is 6.71 Å². The van der Waals surface area contributed by atoms with Gasteiger partial charge in [0.2, 0.25) is 0 Å². The zero-order valence-corrected chi connectivity index (χ0v) is 25.2. The van der Waals surface area contributed by atoms with E-state index >= 15 is 0 Å². The largest absolute Gasteiger partial charge is 0.311 e. The Hall–Kier alpha value is -4.24. The lowest BCUT2D eigenvalue weighted by atomic mass is 9.33. The Morgan fingerprint density at radius 3 is 1.24 bits per heavy atom. The van der Waals surface area contributed by atoms with E-state index < -0.39 is 0 Å². The average molecular weight is 533 g/mol. The molecule has 0 saturated heterocycles. The number of hydrogen-bond donors (Lipinski definition) is 0. The highest BCUT2D eigenvalue weighted by Gasteiger charge is 2.44. The first kappa shape index (κ1) is 25.7. The molecule has 0 aromatic heterocycles. The number of benzene rings is 5. The van der Waals surface area contributed by atoms with Crippen molar-refractivity contribution in [3.8, 4) is 0 Å². The maximum atomic E-state index is 2.51. The minimum absolute atomic E-state index is 0.0139. The molecule has 202 valence electrons. The van der Waals surface area contributed by atoms with Crippen LogP contribution in [0, 0.1) is 27.7 Å². The van der Waals surface area contributed by atoms with Gasteiger partial charge in [0.1, 0.15) is 0 Å². The van der Waals surface area contributed by atoms with Gasteiger partial charge in [-0.1, -0.05) is 91.6 Å². The Morgan fingerprint density at radius 2 is 0.854 bits per heavy atom. The summed E-state index contributed by atoms with van der Waals surface area (Å²) in [6.45, 7) is 15.9. The van der Waals surface area contributed by atoms with E-state index in [1.165, 1.54) is 78.3 Å². The molecular formula is C38H37BN2. The van der Waals surface area contributed by atoms with Gasteiger partial charge in [-0.3, -0.25) is 0 Å². The number of nitrogens with zero attached hydrogens (tertiary/aromatic N) is 2. The van der Waals surface area contributed by atoms with Crippen LogP contribution in [-0.2, 0) is 5.41 Å². The van der Waals surface area contributed by atoms with E-state index in [0.717, 1.165) is 0 Å². The molecule has 0 saturated carbocycles. The van der Waals surface area contributed by atoms with Gasteiger partial charge in [0.05, 0.1) is 0 Å². The fourth-order valence-electron chi connectivity index (χ4n) is 6.62. The third-order valence-corrected chi connectivity index (χ3v) is 8.83. The quantitative estimate of drug-likeness (QED) is 0.207. The van der Waals surface area contributed by atoms with Gasteiger partial charge in [-0.2, -0.15) is 0 Å². The Balaban J connectivity index is 1.63. The summed E-state index contributed by atoms with van der Waals surface area (Å²) in [4.78, 5) is 5.01. The van der Waals surface area contributed by atoms with E-state index in [1.54, 1.807) is 0 Å². The van der Waals surface area contributed by atoms with Gasteiger partial charge in [-0.25, -0.2) is 0 Å². The molecule has 5 aromatic carbocycles.